The topological polar surface area (TPSA) is 64.6 Å². The minimum absolute atomic E-state index is 0.0506. The summed E-state index contributed by atoms with van der Waals surface area (Å²) in [5.41, 5.74) is 4.76. The number of carbonyl (C=O) groups excluding carboxylic acids is 2. The number of ketones is 1. The number of allylic oxidation sites excluding steroid dienone is 3. The van der Waals surface area contributed by atoms with Gasteiger partial charge in [-0.25, -0.2) is 4.79 Å². The average molecular weight is 496 g/mol. The predicted octanol–water partition coefficient (Wildman–Crippen LogP) is 5.38. The molecule has 6 heteroatoms. The summed E-state index contributed by atoms with van der Waals surface area (Å²) < 4.78 is 11.5. The first kappa shape index (κ1) is 22.3. The molecular weight excluding hydrogens is 470 g/mol. The van der Waals surface area contributed by atoms with E-state index in [0.717, 1.165) is 32.7 Å². The smallest absolute Gasteiger partial charge is 0.336 e. The van der Waals surface area contributed by atoms with Crippen molar-refractivity contribution >= 4 is 27.7 Å². The fourth-order valence-electron chi connectivity index (χ4n) is 4.65. The minimum Gasteiger partial charge on any atom is -0.497 e. The van der Waals surface area contributed by atoms with Crippen LogP contribution in [-0.2, 0) is 14.3 Å². The highest BCUT2D eigenvalue weighted by Gasteiger charge is 2.41. The summed E-state index contributed by atoms with van der Waals surface area (Å²) in [6.45, 7) is 3.94. The van der Waals surface area contributed by atoms with Crippen LogP contribution in [0.4, 0.5) is 0 Å². The first-order valence-electron chi connectivity index (χ1n) is 10.7. The van der Waals surface area contributed by atoms with Crippen molar-refractivity contribution in [2.75, 3.05) is 13.7 Å². The van der Waals surface area contributed by atoms with Crippen molar-refractivity contribution in [1.29, 1.82) is 0 Å². The number of halogens is 1. The average Bonchev–Trinajstić information content (AvgIpc) is 2.78. The van der Waals surface area contributed by atoms with E-state index in [1.807, 2.05) is 55.5 Å². The number of rotatable bonds is 5. The number of hydrogen-bond acceptors (Lipinski definition) is 5. The minimum atomic E-state index is -0.467. The highest BCUT2D eigenvalue weighted by Crippen LogP contribution is 2.47. The van der Waals surface area contributed by atoms with Crippen molar-refractivity contribution in [2.45, 2.75) is 38.5 Å². The number of methoxy groups -OCH3 is 1. The van der Waals surface area contributed by atoms with Gasteiger partial charge in [-0.05, 0) is 55.5 Å². The largest absolute Gasteiger partial charge is 0.497 e. The van der Waals surface area contributed by atoms with Crippen LogP contribution < -0.4 is 10.1 Å². The number of ether oxygens (including phenoxy) is 2. The van der Waals surface area contributed by atoms with Gasteiger partial charge in [0, 0.05) is 33.8 Å². The number of benzene rings is 2. The second kappa shape index (κ2) is 9.33. The van der Waals surface area contributed by atoms with Crippen molar-refractivity contribution in [3.63, 3.8) is 0 Å². The maximum absolute atomic E-state index is 13.6. The van der Waals surface area contributed by atoms with E-state index in [1.54, 1.807) is 14.0 Å². The molecule has 2 aromatic carbocycles. The molecule has 2 unspecified atom stereocenters. The van der Waals surface area contributed by atoms with Crippen LogP contribution in [0, 0.1) is 0 Å². The number of Topliss-reactive ketones (excluding diaryl/α,β-unsaturated/α-hetero) is 1. The van der Waals surface area contributed by atoms with Crippen LogP contribution in [0.1, 0.15) is 49.7 Å². The molecule has 0 bridgehead atoms. The van der Waals surface area contributed by atoms with E-state index in [-0.39, 0.29) is 18.3 Å². The summed E-state index contributed by atoms with van der Waals surface area (Å²) >= 11 is 3.63. The van der Waals surface area contributed by atoms with Gasteiger partial charge < -0.3 is 14.8 Å². The lowest BCUT2D eigenvalue weighted by atomic mass is 9.71. The van der Waals surface area contributed by atoms with E-state index in [1.165, 1.54) is 0 Å². The Morgan fingerprint density at radius 2 is 1.84 bits per heavy atom. The number of nitrogens with one attached hydrogen (secondary N) is 1. The summed E-state index contributed by atoms with van der Waals surface area (Å²) in [6.07, 6.45) is 1.09. The second-order valence-corrected chi connectivity index (χ2v) is 8.89. The van der Waals surface area contributed by atoms with E-state index >= 15 is 0 Å². The van der Waals surface area contributed by atoms with E-state index in [0.29, 0.717) is 24.0 Å². The Morgan fingerprint density at radius 3 is 2.50 bits per heavy atom. The highest BCUT2D eigenvalue weighted by atomic mass is 79.9. The molecule has 1 aliphatic heterocycles. The van der Waals surface area contributed by atoms with Crippen LogP contribution in [0.25, 0.3) is 0 Å². The Kier molecular flexibility index (Phi) is 6.51. The molecule has 2 atom stereocenters. The third-order valence-electron chi connectivity index (χ3n) is 6.13. The molecule has 2 aliphatic rings. The number of carbonyl (C=O) groups is 2. The molecule has 0 saturated carbocycles. The summed E-state index contributed by atoms with van der Waals surface area (Å²) in [4.78, 5) is 26.5. The molecule has 1 heterocycles. The molecule has 0 saturated heterocycles. The van der Waals surface area contributed by atoms with Crippen LogP contribution >= 0.6 is 15.9 Å². The van der Waals surface area contributed by atoms with E-state index < -0.39 is 11.9 Å². The number of esters is 1. The molecule has 0 aromatic heterocycles. The standard InChI is InChI=1S/C26H26BrNO4/c1-4-32-26(30)23-15(2)28-21-13-17(16-9-11-18(31-3)12-10-16)14-22(29)25(21)24(23)19-7-5-6-8-20(19)27/h5-12,17,24,28H,4,13-14H2,1-3H3. The Morgan fingerprint density at radius 1 is 1.12 bits per heavy atom. The molecular formula is C26H26BrNO4. The molecule has 0 amide bonds. The Labute approximate surface area is 196 Å². The van der Waals surface area contributed by atoms with Crippen LogP contribution in [0.5, 0.6) is 5.75 Å². The summed E-state index contributed by atoms with van der Waals surface area (Å²) in [5, 5.41) is 3.38. The second-order valence-electron chi connectivity index (χ2n) is 8.03. The molecule has 2 aromatic rings. The van der Waals surface area contributed by atoms with Crippen molar-refractivity contribution in [3.8, 4) is 5.75 Å². The van der Waals surface area contributed by atoms with Crippen molar-refractivity contribution < 1.29 is 19.1 Å². The van der Waals surface area contributed by atoms with Gasteiger partial charge in [0.05, 0.1) is 19.3 Å². The quantitative estimate of drug-likeness (QED) is 0.563. The van der Waals surface area contributed by atoms with Gasteiger partial charge in [-0.1, -0.05) is 46.3 Å². The maximum atomic E-state index is 13.6. The lowest BCUT2D eigenvalue weighted by Crippen LogP contribution is -2.36. The molecule has 0 fully saturated rings. The molecule has 166 valence electrons. The van der Waals surface area contributed by atoms with Gasteiger partial charge in [0.1, 0.15) is 5.75 Å². The zero-order chi connectivity index (χ0) is 22.8. The van der Waals surface area contributed by atoms with E-state index in [2.05, 4.69) is 21.2 Å². The third-order valence-corrected chi connectivity index (χ3v) is 6.85. The van der Waals surface area contributed by atoms with Crippen LogP contribution in [0.3, 0.4) is 0 Å². The van der Waals surface area contributed by atoms with Gasteiger partial charge in [-0.2, -0.15) is 0 Å². The Hall–Kier alpha value is -2.86. The number of hydrogen-bond donors (Lipinski definition) is 1. The predicted molar refractivity (Wildman–Crippen MR) is 126 cm³/mol. The zero-order valence-electron chi connectivity index (χ0n) is 18.4. The van der Waals surface area contributed by atoms with Crippen molar-refractivity contribution in [2.24, 2.45) is 0 Å². The Balaban J connectivity index is 1.78. The molecule has 1 N–H and O–H groups in total. The SMILES string of the molecule is CCOC(=O)C1=C(C)NC2=C(C(=O)CC(c3ccc(OC)cc3)C2)C1c1ccccc1Br. The fourth-order valence-corrected chi connectivity index (χ4v) is 5.16. The van der Waals surface area contributed by atoms with Gasteiger partial charge >= 0.3 is 5.97 Å². The van der Waals surface area contributed by atoms with Gasteiger partial charge in [0.2, 0.25) is 0 Å². The highest BCUT2D eigenvalue weighted by molar-refractivity contribution is 9.10. The molecule has 5 nitrogen and oxygen atoms in total. The molecule has 4 rings (SSSR count). The van der Waals surface area contributed by atoms with Crippen molar-refractivity contribution in [1.82, 2.24) is 5.32 Å². The normalized spacial score (nSPS) is 20.6. The van der Waals surface area contributed by atoms with E-state index in [4.69, 9.17) is 9.47 Å². The van der Waals surface area contributed by atoms with Crippen LogP contribution in [0.15, 0.2) is 75.5 Å². The first-order chi connectivity index (χ1) is 15.4. The molecule has 32 heavy (non-hydrogen) atoms. The first-order valence-corrected chi connectivity index (χ1v) is 11.5. The lowest BCUT2D eigenvalue weighted by Gasteiger charge is -2.37. The lowest BCUT2D eigenvalue weighted by molar-refractivity contribution is -0.138. The Bertz CT molecular complexity index is 1120. The van der Waals surface area contributed by atoms with Gasteiger partial charge in [-0.15, -0.1) is 0 Å². The maximum Gasteiger partial charge on any atom is 0.336 e. The molecule has 0 radical (unpaired) electrons. The third kappa shape index (κ3) is 4.11. The fraction of sp³-hybridized carbons (Fsp3) is 0.308. The van der Waals surface area contributed by atoms with Gasteiger partial charge in [0.25, 0.3) is 0 Å². The van der Waals surface area contributed by atoms with Gasteiger partial charge in [-0.3, -0.25) is 4.79 Å². The number of dihydropyridines is 1. The molecule has 1 aliphatic carbocycles. The summed E-state index contributed by atoms with van der Waals surface area (Å²) in [6, 6.07) is 15.6. The zero-order valence-corrected chi connectivity index (χ0v) is 20.0. The summed E-state index contributed by atoms with van der Waals surface area (Å²) in [7, 11) is 1.64. The van der Waals surface area contributed by atoms with Crippen LogP contribution in [-0.4, -0.2) is 25.5 Å². The monoisotopic (exact) mass is 495 g/mol. The van der Waals surface area contributed by atoms with E-state index in [9.17, 15) is 9.59 Å². The summed E-state index contributed by atoms with van der Waals surface area (Å²) in [5.74, 6) is 0.0459. The van der Waals surface area contributed by atoms with Gasteiger partial charge in [0.15, 0.2) is 5.78 Å². The molecule has 0 spiro atoms. The van der Waals surface area contributed by atoms with Crippen LogP contribution in [0.2, 0.25) is 0 Å². The van der Waals surface area contributed by atoms with Crippen molar-refractivity contribution in [3.05, 3.63) is 86.7 Å².